The predicted molar refractivity (Wildman–Crippen MR) is 85.5 cm³/mol. The zero-order valence-corrected chi connectivity index (χ0v) is 13.0. The van der Waals surface area contributed by atoms with Crippen molar-refractivity contribution in [3.63, 3.8) is 0 Å². The van der Waals surface area contributed by atoms with Crippen molar-refractivity contribution in [2.24, 2.45) is 0 Å². The van der Waals surface area contributed by atoms with Crippen molar-refractivity contribution in [3.05, 3.63) is 51.5 Å². The molecule has 23 heavy (non-hydrogen) atoms. The number of amides is 1. The summed E-state index contributed by atoms with van der Waals surface area (Å²) in [6.07, 6.45) is 9.47. The number of aryl methyl sites for hydroxylation is 3. The van der Waals surface area contributed by atoms with Gasteiger partial charge < -0.3 is 14.9 Å². The van der Waals surface area contributed by atoms with Crippen LogP contribution in [0.2, 0.25) is 0 Å². The lowest BCUT2D eigenvalue weighted by Gasteiger charge is -2.25. The second kappa shape index (κ2) is 5.68. The molecule has 6 heteroatoms. The summed E-state index contributed by atoms with van der Waals surface area (Å²) < 4.78 is 2.06. The molecule has 0 radical (unpaired) electrons. The van der Waals surface area contributed by atoms with Crippen molar-refractivity contribution >= 4 is 5.91 Å². The maximum absolute atomic E-state index is 12.5. The van der Waals surface area contributed by atoms with E-state index in [0.717, 1.165) is 55.6 Å². The molecule has 1 atom stereocenters. The summed E-state index contributed by atoms with van der Waals surface area (Å²) >= 11 is 0. The number of aromatic nitrogens is 3. The van der Waals surface area contributed by atoms with Gasteiger partial charge in [0.05, 0.1) is 0 Å². The summed E-state index contributed by atoms with van der Waals surface area (Å²) in [4.78, 5) is 31.9. The molecule has 0 spiro atoms. The number of fused-ring (bicyclic) bond motifs is 2. The van der Waals surface area contributed by atoms with Crippen molar-refractivity contribution in [2.75, 3.05) is 0 Å². The Hall–Kier alpha value is -2.37. The van der Waals surface area contributed by atoms with Gasteiger partial charge in [-0.3, -0.25) is 9.59 Å². The van der Waals surface area contributed by atoms with Crippen LogP contribution in [0, 0.1) is 0 Å². The molecule has 2 aromatic rings. The van der Waals surface area contributed by atoms with E-state index >= 15 is 0 Å². The summed E-state index contributed by atoms with van der Waals surface area (Å²) in [6.45, 7) is 0.712. The molecule has 1 aliphatic heterocycles. The lowest BCUT2D eigenvalue weighted by molar-refractivity contribution is 0.0926. The topological polar surface area (TPSA) is 79.8 Å². The molecule has 0 saturated carbocycles. The number of carbonyl (C=O) groups is 1. The first-order chi connectivity index (χ1) is 11.2. The summed E-state index contributed by atoms with van der Waals surface area (Å²) in [5, 5.41) is 3.01. The van der Waals surface area contributed by atoms with Crippen LogP contribution in [0.15, 0.2) is 23.3 Å². The fraction of sp³-hybridized carbons (Fsp3) is 0.471. The van der Waals surface area contributed by atoms with E-state index in [0.29, 0.717) is 6.54 Å². The Balaban J connectivity index is 1.52. The van der Waals surface area contributed by atoms with Crippen LogP contribution < -0.4 is 10.9 Å². The largest absolute Gasteiger partial charge is 0.347 e. The van der Waals surface area contributed by atoms with E-state index in [2.05, 4.69) is 19.9 Å². The molecular weight excluding hydrogens is 292 g/mol. The highest BCUT2D eigenvalue weighted by atomic mass is 16.2. The van der Waals surface area contributed by atoms with Crippen LogP contribution in [-0.4, -0.2) is 26.5 Å². The van der Waals surface area contributed by atoms with Gasteiger partial charge in [-0.15, -0.1) is 0 Å². The maximum atomic E-state index is 12.5. The lowest BCUT2D eigenvalue weighted by atomic mass is 9.95. The smallest absolute Gasteiger partial charge is 0.261 e. The highest BCUT2D eigenvalue weighted by Crippen LogP contribution is 2.19. The van der Waals surface area contributed by atoms with Crippen LogP contribution in [0.1, 0.15) is 46.7 Å². The van der Waals surface area contributed by atoms with Gasteiger partial charge in [0.15, 0.2) is 0 Å². The number of H-pyrrole nitrogens is 1. The Bertz CT molecular complexity index is 805. The number of pyridine rings is 1. The van der Waals surface area contributed by atoms with E-state index in [4.69, 9.17) is 0 Å². The number of nitrogens with zero attached hydrogens (tertiary/aromatic N) is 2. The average molecular weight is 312 g/mol. The standard InChI is InChI=1S/C17H20N4O2/c22-16(19-12-5-6-15-18-7-8-21(15)10-12)13-9-11-3-1-2-4-14(11)20-17(13)23/h7-9,12H,1-6,10H2,(H,19,22)(H,20,23). The predicted octanol–water partition coefficient (Wildman–Crippen LogP) is 1.19. The molecule has 1 aliphatic carbocycles. The Morgan fingerprint density at radius 3 is 3.09 bits per heavy atom. The quantitative estimate of drug-likeness (QED) is 0.874. The minimum atomic E-state index is -0.276. The van der Waals surface area contributed by atoms with Gasteiger partial charge in [0.2, 0.25) is 0 Å². The minimum Gasteiger partial charge on any atom is -0.347 e. The Morgan fingerprint density at radius 2 is 2.17 bits per heavy atom. The number of imidazole rings is 1. The van der Waals surface area contributed by atoms with Crippen LogP contribution in [0.3, 0.4) is 0 Å². The van der Waals surface area contributed by atoms with Crippen molar-refractivity contribution in [1.82, 2.24) is 19.9 Å². The molecule has 0 fully saturated rings. The van der Waals surface area contributed by atoms with Gasteiger partial charge in [-0.05, 0) is 43.7 Å². The van der Waals surface area contributed by atoms with E-state index in [1.807, 2.05) is 6.20 Å². The summed E-state index contributed by atoms with van der Waals surface area (Å²) in [5.41, 5.74) is 2.07. The van der Waals surface area contributed by atoms with Crippen molar-refractivity contribution in [2.45, 2.75) is 51.1 Å². The molecule has 2 aliphatic rings. The van der Waals surface area contributed by atoms with Gasteiger partial charge in [-0.1, -0.05) is 0 Å². The van der Waals surface area contributed by atoms with Crippen LogP contribution in [0.4, 0.5) is 0 Å². The Labute approximate surface area is 133 Å². The van der Waals surface area contributed by atoms with Gasteiger partial charge in [-0.2, -0.15) is 0 Å². The molecule has 2 N–H and O–H groups in total. The van der Waals surface area contributed by atoms with Gasteiger partial charge in [0.1, 0.15) is 11.4 Å². The first kappa shape index (κ1) is 14.2. The third kappa shape index (κ3) is 2.69. The first-order valence-corrected chi connectivity index (χ1v) is 8.26. The number of hydrogen-bond acceptors (Lipinski definition) is 3. The van der Waals surface area contributed by atoms with Crippen molar-refractivity contribution < 1.29 is 4.79 Å². The first-order valence-electron chi connectivity index (χ1n) is 8.26. The minimum absolute atomic E-state index is 0.0413. The molecule has 6 nitrogen and oxygen atoms in total. The second-order valence-electron chi connectivity index (χ2n) is 6.43. The van der Waals surface area contributed by atoms with Gasteiger partial charge in [0.25, 0.3) is 11.5 Å². The van der Waals surface area contributed by atoms with Crippen molar-refractivity contribution in [3.8, 4) is 0 Å². The number of hydrogen-bond donors (Lipinski definition) is 2. The maximum Gasteiger partial charge on any atom is 0.261 e. The summed E-state index contributed by atoms with van der Waals surface area (Å²) in [6, 6.07) is 1.83. The second-order valence-corrected chi connectivity index (χ2v) is 6.43. The lowest BCUT2D eigenvalue weighted by Crippen LogP contribution is -2.42. The molecule has 0 aromatic carbocycles. The van der Waals surface area contributed by atoms with E-state index in [-0.39, 0.29) is 23.1 Å². The average Bonchev–Trinajstić information content (AvgIpc) is 3.01. The molecule has 2 aromatic heterocycles. The molecule has 1 unspecified atom stereocenters. The number of nitrogens with one attached hydrogen (secondary N) is 2. The highest BCUT2D eigenvalue weighted by molar-refractivity contribution is 5.94. The molecule has 4 rings (SSSR count). The normalized spacial score (nSPS) is 19.7. The highest BCUT2D eigenvalue weighted by Gasteiger charge is 2.23. The van der Waals surface area contributed by atoms with Crippen LogP contribution >= 0.6 is 0 Å². The summed E-state index contributed by atoms with van der Waals surface area (Å²) in [7, 11) is 0. The van der Waals surface area contributed by atoms with E-state index < -0.39 is 0 Å². The van der Waals surface area contributed by atoms with Crippen LogP contribution in [0.25, 0.3) is 0 Å². The van der Waals surface area contributed by atoms with Crippen LogP contribution in [0.5, 0.6) is 0 Å². The Kier molecular flexibility index (Phi) is 3.52. The fourth-order valence-corrected chi connectivity index (χ4v) is 3.59. The molecular formula is C17H20N4O2. The van der Waals surface area contributed by atoms with E-state index in [1.165, 1.54) is 0 Å². The van der Waals surface area contributed by atoms with Crippen molar-refractivity contribution in [1.29, 1.82) is 0 Å². The molecule has 1 amide bonds. The third-order valence-electron chi connectivity index (χ3n) is 4.85. The van der Waals surface area contributed by atoms with Gasteiger partial charge >= 0.3 is 0 Å². The molecule has 3 heterocycles. The molecule has 0 bridgehead atoms. The number of carbonyl (C=O) groups excluding carboxylic acids is 1. The Morgan fingerprint density at radius 1 is 1.30 bits per heavy atom. The molecule has 0 saturated heterocycles. The number of aromatic amines is 1. The zero-order chi connectivity index (χ0) is 15.8. The fourth-order valence-electron chi connectivity index (χ4n) is 3.59. The van der Waals surface area contributed by atoms with Gasteiger partial charge in [-0.25, -0.2) is 4.98 Å². The van der Waals surface area contributed by atoms with Gasteiger partial charge in [0, 0.05) is 37.1 Å². The zero-order valence-electron chi connectivity index (χ0n) is 13.0. The third-order valence-corrected chi connectivity index (χ3v) is 4.85. The SMILES string of the molecule is O=C(NC1CCc2nccn2C1)c1cc2c([nH]c1=O)CCCC2. The monoisotopic (exact) mass is 312 g/mol. The summed E-state index contributed by atoms with van der Waals surface area (Å²) in [5.74, 6) is 0.787. The van der Waals surface area contributed by atoms with Crippen LogP contribution in [-0.2, 0) is 25.8 Å². The van der Waals surface area contributed by atoms with E-state index in [1.54, 1.807) is 12.3 Å². The molecule has 120 valence electrons. The van der Waals surface area contributed by atoms with E-state index in [9.17, 15) is 9.59 Å². The number of rotatable bonds is 2.